The van der Waals surface area contributed by atoms with E-state index in [-0.39, 0.29) is 43.8 Å². The van der Waals surface area contributed by atoms with Gasteiger partial charge in [0.1, 0.15) is 24.1 Å². The van der Waals surface area contributed by atoms with E-state index < -0.39 is 30.2 Å². The van der Waals surface area contributed by atoms with E-state index in [1.807, 2.05) is 30.3 Å². The summed E-state index contributed by atoms with van der Waals surface area (Å²) in [5.74, 6) is -3.56. The number of benzene rings is 3. The second-order valence-corrected chi connectivity index (χ2v) is 10.6. The number of hydrogen-bond acceptors (Lipinski definition) is 8. The highest BCUT2D eigenvalue weighted by atomic mass is 19.4. The minimum absolute atomic E-state index is 0.0195. The molecule has 0 radical (unpaired) electrons. The number of ether oxygens (including phenoxy) is 2. The zero-order chi connectivity index (χ0) is 35.6. The Balaban J connectivity index is 0.000000804. The lowest BCUT2D eigenvalue weighted by Gasteiger charge is -2.26. The molecule has 3 amide bonds. The van der Waals surface area contributed by atoms with Gasteiger partial charge in [0.05, 0.1) is 25.4 Å². The molecule has 3 aromatic rings. The fraction of sp³-hybridized carbons (Fsp3) is 0.344. The molecule has 0 fully saturated rings. The highest BCUT2D eigenvalue weighted by Crippen LogP contribution is 2.35. The summed E-state index contributed by atoms with van der Waals surface area (Å²) in [6.45, 7) is 2.06. The predicted octanol–water partition coefficient (Wildman–Crippen LogP) is 3.09. The standard InChI is InChI=1S/C30H34N4O7.C2HF3O2/c1-18(31-2)28(37)33-23-17-41-25-8-5-4-7-24(25)34(30(23)39)16-22-14-21-13-20(11-10-19(21)15-26(22)40-3)29(38)32-12-6-9-27(35)36;3-2(4,5)1(6)7/h4-5,7-8,10-11,13-15,18,23,31H,6,9,12,16-17H2,1-3H3,(H,32,38)(H,33,37)(H,35,36);(H,6,7)/t18-,23-;/m0./s1. The molecule has 0 spiro atoms. The van der Waals surface area contributed by atoms with Crippen molar-refractivity contribution in [2.45, 2.75) is 44.6 Å². The first-order valence-corrected chi connectivity index (χ1v) is 14.6. The molecule has 1 heterocycles. The maximum absolute atomic E-state index is 13.8. The highest BCUT2D eigenvalue weighted by Gasteiger charge is 2.38. The molecule has 0 saturated heterocycles. The number of rotatable bonds is 11. The van der Waals surface area contributed by atoms with Crippen molar-refractivity contribution in [3.63, 3.8) is 0 Å². The maximum atomic E-state index is 13.8. The summed E-state index contributed by atoms with van der Waals surface area (Å²) >= 11 is 0. The molecule has 0 saturated carbocycles. The minimum Gasteiger partial charge on any atom is -0.496 e. The molecule has 0 unspecified atom stereocenters. The van der Waals surface area contributed by atoms with Crippen molar-refractivity contribution in [1.29, 1.82) is 0 Å². The molecule has 1 aliphatic rings. The van der Waals surface area contributed by atoms with Gasteiger partial charge in [0.2, 0.25) is 5.91 Å². The number of carbonyl (C=O) groups is 5. The summed E-state index contributed by atoms with van der Waals surface area (Å²) in [5.41, 5.74) is 1.68. The molecular formula is C32H35F3N4O9. The van der Waals surface area contributed by atoms with Crippen LogP contribution in [-0.4, -0.2) is 85.4 Å². The van der Waals surface area contributed by atoms with E-state index in [0.29, 0.717) is 34.7 Å². The molecule has 3 aromatic carbocycles. The number of fused-ring (bicyclic) bond motifs is 2. The van der Waals surface area contributed by atoms with Crippen LogP contribution in [-0.2, 0) is 25.7 Å². The number of nitrogens with one attached hydrogen (secondary N) is 3. The van der Waals surface area contributed by atoms with Crippen LogP contribution in [0.25, 0.3) is 10.8 Å². The molecule has 0 aromatic heterocycles. The van der Waals surface area contributed by atoms with E-state index in [4.69, 9.17) is 24.5 Å². The van der Waals surface area contributed by atoms with E-state index in [2.05, 4.69) is 16.0 Å². The van der Waals surface area contributed by atoms with Crippen molar-refractivity contribution in [3.8, 4) is 11.5 Å². The smallest absolute Gasteiger partial charge is 0.490 e. The molecular weight excluding hydrogens is 641 g/mol. The summed E-state index contributed by atoms with van der Waals surface area (Å²) in [5, 5.41) is 25.9. The van der Waals surface area contributed by atoms with Crippen molar-refractivity contribution in [3.05, 3.63) is 65.7 Å². The fourth-order valence-electron chi connectivity index (χ4n) is 4.54. The van der Waals surface area contributed by atoms with Gasteiger partial charge in [0, 0.05) is 24.1 Å². The van der Waals surface area contributed by atoms with Gasteiger partial charge in [-0.15, -0.1) is 0 Å². The number of hydrogen-bond donors (Lipinski definition) is 5. The molecule has 258 valence electrons. The Morgan fingerprint density at radius 3 is 2.38 bits per heavy atom. The Morgan fingerprint density at radius 2 is 1.75 bits per heavy atom. The minimum atomic E-state index is -5.08. The Bertz CT molecular complexity index is 1670. The van der Waals surface area contributed by atoms with E-state index in [9.17, 15) is 32.3 Å². The number of methoxy groups -OCH3 is 1. The van der Waals surface area contributed by atoms with Gasteiger partial charge in [-0.2, -0.15) is 13.2 Å². The summed E-state index contributed by atoms with van der Waals surface area (Å²) in [4.78, 5) is 60.3. The largest absolute Gasteiger partial charge is 0.496 e. The first-order valence-electron chi connectivity index (χ1n) is 14.6. The van der Waals surface area contributed by atoms with E-state index in [0.717, 1.165) is 10.8 Å². The third kappa shape index (κ3) is 9.81. The second-order valence-electron chi connectivity index (χ2n) is 10.6. The number of carboxylic acid groups (broad SMARTS) is 2. The number of amides is 3. The number of halogens is 3. The van der Waals surface area contributed by atoms with Crippen LogP contribution < -0.4 is 30.3 Å². The number of para-hydroxylation sites is 2. The van der Waals surface area contributed by atoms with Crippen LogP contribution in [0.4, 0.5) is 18.9 Å². The number of aliphatic carboxylic acids is 2. The summed E-state index contributed by atoms with van der Waals surface area (Å²) in [6.07, 6.45) is -4.77. The van der Waals surface area contributed by atoms with Crippen molar-refractivity contribution < 1.29 is 56.8 Å². The molecule has 1 aliphatic heterocycles. The zero-order valence-corrected chi connectivity index (χ0v) is 26.2. The maximum Gasteiger partial charge on any atom is 0.490 e. The van der Waals surface area contributed by atoms with Crippen molar-refractivity contribution in [1.82, 2.24) is 16.0 Å². The van der Waals surface area contributed by atoms with Crippen LogP contribution in [0.1, 0.15) is 35.7 Å². The molecule has 5 N–H and O–H groups in total. The van der Waals surface area contributed by atoms with Gasteiger partial charge in [0.15, 0.2) is 0 Å². The number of alkyl halides is 3. The molecule has 13 nitrogen and oxygen atoms in total. The van der Waals surface area contributed by atoms with Crippen LogP contribution in [0.5, 0.6) is 11.5 Å². The number of nitrogens with zero attached hydrogens (tertiary/aromatic N) is 1. The first kappa shape index (κ1) is 37.1. The lowest BCUT2D eigenvalue weighted by molar-refractivity contribution is -0.192. The summed E-state index contributed by atoms with van der Waals surface area (Å²) in [6, 6.07) is 14.7. The number of carboxylic acids is 2. The van der Waals surface area contributed by atoms with Crippen LogP contribution in [0.15, 0.2) is 54.6 Å². The van der Waals surface area contributed by atoms with Gasteiger partial charge in [-0.05, 0) is 67.6 Å². The van der Waals surface area contributed by atoms with Gasteiger partial charge in [-0.3, -0.25) is 19.2 Å². The molecule has 48 heavy (non-hydrogen) atoms. The van der Waals surface area contributed by atoms with Crippen molar-refractivity contribution in [2.24, 2.45) is 0 Å². The monoisotopic (exact) mass is 676 g/mol. The van der Waals surface area contributed by atoms with E-state index >= 15 is 0 Å². The van der Waals surface area contributed by atoms with Crippen molar-refractivity contribution >= 4 is 46.1 Å². The van der Waals surface area contributed by atoms with Crippen LogP contribution in [0.3, 0.4) is 0 Å². The molecule has 0 bridgehead atoms. The van der Waals surface area contributed by atoms with Crippen molar-refractivity contribution in [2.75, 3.05) is 32.2 Å². The third-order valence-electron chi connectivity index (χ3n) is 7.19. The summed E-state index contributed by atoms with van der Waals surface area (Å²) in [7, 11) is 3.21. The molecule has 2 atom stereocenters. The Kier molecular flexibility index (Phi) is 12.7. The SMILES string of the molecule is CN[C@@H](C)C(=O)N[C@H]1COc2ccccc2N(Cc2cc3cc(C(=O)NCCCC(=O)O)ccc3cc2OC)C1=O.O=C(O)C(F)(F)F. The van der Waals surface area contributed by atoms with E-state index in [1.165, 1.54) is 0 Å². The van der Waals surface area contributed by atoms with Gasteiger partial charge >= 0.3 is 18.1 Å². The third-order valence-corrected chi connectivity index (χ3v) is 7.19. The number of likely N-dealkylation sites (N-methyl/N-ethyl adjacent to an activating group) is 1. The summed E-state index contributed by atoms with van der Waals surface area (Å²) < 4.78 is 43.3. The Hall–Kier alpha value is -5.38. The van der Waals surface area contributed by atoms with Crippen LogP contribution >= 0.6 is 0 Å². The first-order chi connectivity index (χ1) is 22.7. The fourth-order valence-corrected chi connectivity index (χ4v) is 4.54. The Labute approximate surface area is 273 Å². The zero-order valence-electron chi connectivity index (χ0n) is 26.2. The van der Waals surface area contributed by atoms with Gasteiger partial charge in [-0.1, -0.05) is 18.2 Å². The average Bonchev–Trinajstić information content (AvgIpc) is 3.17. The topological polar surface area (TPSA) is 184 Å². The number of anilines is 1. The normalized spacial score (nSPS) is 14.8. The Morgan fingerprint density at radius 1 is 1.06 bits per heavy atom. The highest BCUT2D eigenvalue weighted by molar-refractivity contribution is 6.02. The second kappa shape index (κ2) is 16.4. The van der Waals surface area contributed by atoms with Gasteiger partial charge < -0.3 is 40.5 Å². The lowest BCUT2D eigenvalue weighted by Crippen LogP contribution is -2.53. The molecule has 16 heteroatoms. The van der Waals surface area contributed by atoms with Crippen LogP contribution in [0, 0.1) is 0 Å². The quantitative estimate of drug-likeness (QED) is 0.189. The average molecular weight is 677 g/mol. The molecule has 4 rings (SSSR count). The number of carbonyl (C=O) groups excluding carboxylic acids is 3. The van der Waals surface area contributed by atoms with Gasteiger partial charge in [-0.25, -0.2) is 4.79 Å². The van der Waals surface area contributed by atoms with Gasteiger partial charge in [0.25, 0.3) is 11.8 Å². The molecule has 0 aliphatic carbocycles. The lowest BCUT2D eigenvalue weighted by atomic mass is 10.0. The van der Waals surface area contributed by atoms with E-state index in [1.54, 1.807) is 50.2 Å². The van der Waals surface area contributed by atoms with Crippen LogP contribution in [0.2, 0.25) is 0 Å². The predicted molar refractivity (Wildman–Crippen MR) is 167 cm³/mol.